The molecule has 0 amide bonds. The number of rotatable bonds is 0. The highest BCUT2D eigenvalue weighted by molar-refractivity contribution is 5.35. The number of hydrogen-bond donors (Lipinski definition) is 0. The summed E-state index contributed by atoms with van der Waals surface area (Å²) in [6.07, 6.45) is 4.59. The van der Waals surface area contributed by atoms with Crippen LogP contribution < -0.4 is 4.74 Å². The first-order valence-corrected chi connectivity index (χ1v) is 3.19. The summed E-state index contributed by atoms with van der Waals surface area (Å²) in [6.45, 7) is 0. The first-order chi connectivity index (χ1) is 4.97. The lowest BCUT2D eigenvalue weighted by Crippen LogP contribution is -1.95. The zero-order chi connectivity index (χ0) is 6.81. The van der Waals surface area contributed by atoms with Crippen molar-refractivity contribution in [2.24, 2.45) is 0 Å². The highest BCUT2D eigenvalue weighted by Crippen LogP contribution is 2.20. The van der Waals surface area contributed by atoms with E-state index in [4.69, 9.17) is 4.74 Å². The Kier molecular flexibility index (Phi) is 1.21. The fraction of sp³-hybridized carbons (Fsp3) is 0.111. The van der Waals surface area contributed by atoms with Crippen LogP contribution in [0.5, 0.6) is 5.75 Å². The summed E-state index contributed by atoms with van der Waals surface area (Å²) in [5.41, 5.74) is 1.11. The Labute approximate surface area is 59.9 Å². The summed E-state index contributed by atoms with van der Waals surface area (Å²) in [5, 5.41) is 0. The number of fused-ring (bicyclic) bond motifs is 1. The molecule has 48 valence electrons. The molecule has 0 unspecified atom stereocenters. The molecule has 0 saturated heterocycles. The van der Waals surface area contributed by atoms with Crippen molar-refractivity contribution in [2.75, 3.05) is 0 Å². The van der Waals surface area contributed by atoms with E-state index in [-0.39, 0.29) is 0 Å². The van der Waals surface area contributed by atoms with Crippen LogP contribution in [0.15, 0.2) is 24.5 Å². The maximum Gasteiger partial charge on any atom is 0.131 e. The molecule has 0 bridgehead atoms. The molecule has 1 nitrogen and oxygen atoms in total. The van der Waals surface area contributed by atoms with Crippen molar-refractivity contribution in [1.29, 1.82) is 0 Å². The minimum Gasteiger partial charge on any atom is -0.465 e. The molecule has 2 rings (SSSR count). The quantitative estimate of drug-likeness (QED) is 0.519. The lowest BCUT2D eigenvalue weighted by Gasteiger charge is -2.09. The van der Waals surface area contributed by atoms with E-state index in [1.54, 1.807) is 12.3 Å². The van der Waals surface area contributed by atoms with Crippen LogP contribution in [0, 0.1) is 12.1 Å². The van der Waals surface area contributed by atoms with Gasteiger partial charge in [0, 0.05) is 5.56 Å². The average molecular weight is 130 g/mol. The molecule has 1 heteroatoms. The Morgan fingerprint density at radius 1 is 1.50 bits per heavy atom. The predicted molar refractivity (Wildman–Crippen MR) is 37.6 cm³/mol. The monoisotopic (exact) mass is 130 g/mol. The maximum absolute atomic E-state index is 5.18. The summed E-state index contributed by atoms with van der Waals surface area (Å²) < 4.78 is 5.18. The molecule has 1 aromatic rings. The predicted octanol–water partition coefficient (Wildman–Crippen LogP) is 1.74. The van der Waals surface area contributed by atoms with Gasteiger partial charge in [-0.15, -0.1) is 0 Å². The fourth-order valence-corrected chi connectivity index (χ4v) is 0.956. The van der Waals surface area contributed by atoms with E-state index in [0.29, 0.717) is 0 Å². The normalized spacial score (nSPS) is 14.0. The van der Waals surface area contributed by atoms with Crippen LogP contribution in [0.25, 0.3) is 0 Å². The zero-order valence-corrected chi connectivity index (χ0v) is 5.42. The topological polar surface area (TPSA) is 9.23 Å². The summed E-state index contributed by atoms with van der Waals surface area (Å²) in [4.78, 5) is 0. The number of benzene rings is 1. The van der Waals surface area contributed by atoms with Crippen molar-refractivity contribution in [3.8, 4) is 5.75 Å². The van der Waals surface area contributed by atoms with Crippen LogP contribution in [-0.4, -0.2) is 0 Å². The molecule has 1 aromatic carbocycles. The lowest BCUT2D eigenvalue weighted by atomic mass is 10.1. The molecule has 1 aliphatic heterocycles. The Hall–Kier alpha value is -1.24. The van der Waals surface area contributed by atoms with Crippen molar-refractivity contribution in [2.45, 2.75) is 6.42 Å². The first-order valence-electron chi connectivity index (χ1n) is 3.19. The van der Waals surface area contributed by atoms with Crippen molar-refractivity contribution < 1.29 is 4.74 Å². The molecule has 2 radical (unpaired) electrons. The standard InChI is InChI=1S/C9H6O/c1-2-6-9-8(4-1)5-3-7-10-9/h1,3,6-7H,5H2. The number of hydrogen-bond acceptors (Lipinski definition) is 1. The Bertz CT molecular complexity index is 236. The molecule has 0 fully saturated rings. The maximum atomic E-state index is 5.18. The highest BCUT2D eigenvalue weighted by atomic mass is 16.5. The van der Waals surface area contributed by atoms with Crippen molar-refractivity contribution in [1.82, 2.24) is 0 Å². The van der Waals surface area contributed by atoms with Gasteiger partial charge in [0.15, 0.2) is 0 Å². The van der Waals surface area contributed by atoms with Gasteiger partial charge in [0.1, 0.15) is 5.75 Å². The smallest absolute Gasteiger partial charge is 0.131 e. The van der Waals surface area contributed by atoms with Gasteiger partial charge in [0.2, 0.25) is 0 Å². The van der Waals surface area contributed by atoms with Gasteiger partial charge in [-0.2, -0.15) is 0 Å². The Balaban J connectivity index is 2.47. The van der Waals surface area contributed by atoms with E-state index in [1.807, 2.05) is 12.1 Å². The van der Waals surface area contributed by atoms with E-state index in [2.05, 4.69) is 12.1 Å². The molecule has 0 saturated carbocycles. The molecule has 0 aliphatic carbocycles. The average Bonchev–Trinajstić information content (AvgIpc) is 2.05. The van der Waals surface area contributed by atoms with E-state index < -0.39 is 0 Å². The molecule has 0 aromatic heterocycles. The van der Waals surface area contributed by atoms with E-state index in [9.17, 15) is 0 Å². The summed E-state index contributed by atoms with van der Waals surface area (Å²) in [7, 11) is 0. The summed E-state index contributed by atoms with van der Waals surface area (Å²) >= 11 is 0. The third-order valence-corrected chi connectivity index (χ3v) is 1.45. The van der Waals surface area contributed by atoms with Crippen LogP contribution in [0.3, 0.4) is 0 Å². The van der Waals surface area contributed by atoms with E-state index in [1.165, 1.54) is 0 Å². The van der Waals surface area contributed by atoms with Crippen molar-refractivity contribution >= 4 is 0 Å². The third-order valence-electron chi connectivity index (χ3n) is 1.45. The molecular weight excluding hydrogens is 124 g/mol. The van der Waals surface area contributed by atoms with Crippen LogP contribution in [-0.2, 0) is 6.42 Å². The first kappa shape index (κ1) is 5.54. The molecule has 1 heterocycles. The second kappa shape index (κ2) is 2.18. The Morgan fingerprint density at radius 3 is 3.40 bits per heavy atom. The van der Waals surface area contributed by atoms with Gasteiger partial charge < -0.3 is 4.74 Å². The molecule has 0 atom stereocenters. The van der Waals surface area contributed by atoms with Crippen LogP contribution in [0.4, 0.5) is 0 Å². The van der Waals surface area contributed by atoms with Gasteiger partial charge in [-0.05, 0) is 36.8 Å². The van der Waals surface area contributed by atoms with Crippen molar-refractivity contribution in [3.63, 3.8) is 0 Å². The number of allylic oxidation sites excluding steroid dienone is 1. The molecule has 0 N–H and O–H groups in total. The zero-order valence-electron chi connectivity index (χ0n) is 5.42. The number of ether oxygens (including phenoxy) is 1. The second-order valence-electron chi connectivity index (χ2n) is 2.14. The largest absolute Gasteiger partial charge is 0.465 e. The Morgan fingerprint density at radius 2 is 2.50 bits per heavy atom. The molecule has 1 aliphatic rings. The SMILES string of the molecule is [c]1c[c]c2c(c1)OC=CC2. The van der Waals surface area contributed by atoms with Gasteiger partial charge in [-0.3, -0.25) is 0 Å². The van der Waals surface area contributed by atoms with Crippen LogP contribution >= 0.6 is 0 Å². The van der Waals surface area contributed by atoms with Gasteiger partial charge in [0.05, 0.1) is 6.26 Å². The third kappa shape index (κ3) is 0.798. The summed E-state index contributed by atoms with van der Waals surface area (Å²) in [5.74, 6) is 0.880. The van der Waals surface area contributed by atoms with Gasteiger partial charge >= 0.3 is 0 Å². The van der Waals surface area contributed by atoms with Crippen LogP contribution in [0.1, 0.15) is 5.56 Å². The molecular formula is C9H6O. The molecule has 10 heavy (non-hydrogen) atoms. The fourth-order valence-electron chi connectivity index (χ4n) is 0.956. The van der Waals surface area contributed by atoms with E-state index >= 15 is 0 Å². The van der Waals surface area contributed by atoms with E-state index in [0.717, 1.165) is 17.7 Å². The van der Waals surface area contributed by atoms with Crippen LogP contribution in [0.2, 0.25) is 0 Å². The van der Waals surface area contributed by atoms with Gasteiger partial charge in [0.25, 0.3) is 0 Å². The van der Waals surface area contributed by atoms with Crippen molar-refractivity contribution in [3.05, 3.63) is 42.2 Å². The second-order valence-corrected chi connectivity index (χ2v) is 2.14. The van der Waals surface area contributed by atoms with Gasteiger partial charge in [-0.1, -0.05) is 0 Å². The minimum absolute atomic E-state index is 0.880. The lowest BCUT2D eigenvalue weighted by molar-refractivity contribution is 0.464. The minimum atomic E-state index is 0.880. The molecule has 0 spiro atoms. The summed E-state index contributed by atoms with van der Waals surface area (Å²) in [6, 6.07) is 9.57. The highest BCUT2D eigenvalue weighted by Gasteiger charge is 2.03. The van der Waals surface area contributed by atoms with Gasteiger partial charge in [-0.25, -0.2) is 0 Å².